The van der Waals surface area contributed by atoms with E-state index in [1.807, 2.05) is 0 Å². The van der Waals surface area contributed by atoms with Gasteiger partial charge in [-0.2, -0.15) is 0 Å². The third-order valence-corrected chi connectivity index (χ3v) is 4.02. The lowest BCUT2D eigenvalue weighted by atomic mass is 9.94. The molecule has 0 amide bonds. The lowest BCUT2D eigenvalue weighted by Gasteiger charge is -2.13. The van der Waals surface area contributed by atoms with Crippen molar-refractivity contribution in [3.8, 4) is 0 Å². The Morgan fingerprint density at radius 1 is 0.647 bits per heavy atom. The largest absolute Gasteiger partial charge is 0.176 e. The molecule has 76 valence electrons. The van der Waals surface area contributed by atoms with E-state index in [-0.39, 0.29) is 0 Å². The summed E-state index contributed by atoms with van der Waals surface area (Å²) < 4.78 is 1.28. The van der Waals surface area contributed by atoms with Gasteiger partial charge < -0.3 is 0 Å². The highest BCUT2D eigenvalue weighted by atomic mass is 27.0. The molecule has 0 atom stereocenters. The van der Waals surface area contributed by atoms with Crippen molar-refractivity contribution in [2.45, 2.75) is 0 Å². The number of hydrogen-bond donors (Lipinski definition) is 0. The molecule has 0 unspecified atom stereocenters. The van der Waals surface area contributed by atoms with Crippen molar-refractivity contribution in [2.24, 2.45) is 0 Å². The fourth-order valence-corrected chi connectivity index (χ4v) is 3.21. The van der Waals surface area contributed by atoms with Crippen molar-refractivity contribution in [1.82, 2.24) is 0 Å². The molecule has 1 heteroatoms. The molecule has 0 spiro atoms. The van der Waals surface area contributed by atoms with E-state index in [9.17, 15) is 0 Å². The van der Waals surface area contributed by atoms with Crippen LogP contribution in [0.2, 0.25) is 0 Å². The number of rotatable bonds is 0. The smallest absolute Gasteiger partial charge is 0.131 e. The van der Waals surface area contributed by atoms with Gasteiger partial charge in [-0.15, -0.1) is 4.43 Å². The standard InChI is InChI=1S/C16H9.Al/c1-3-11-7-9-13-5-2-6-14-10-8-12(4-1)15(11)16(13)14;/h1-9H;. The van der Waals surface area contributed by atoms with E-state index in [0.29, 0.717) is 0 Å². The first-order valence-corrected chi connectivity index (χ1v) is 6.34. The van der Waals surface area contributed by atoms with Crippen LogP contribution in [0.15, 0.2) is 54.6 Å². The molecule has 4 aromatic carbocycles. The van der Waals surface area contributed by atoms with Crippen molar-refractivity contribution in [3.63, 3.8) is 0 Å². The van der Waals surface area contributed by atoms with E-state index in [0.717, 1.165) is 0 Å². The maximum Gasteiger partial charge on any atom is 0.176 e. The van der Waals surface area contributed by atoms with Crippen LogP contribution in [-0.4, -0.2) is 16.3 Å². The summed E-state index contributed by atoms with van der Waals surface area (Å²) in [6, 6.07) is 19.7. The second-order valence-electron chi connectivity index (χ2n) is 4.51. The van der Waals surface area contributed by atoms with Crippen molar-refractivity contribution in [3.05, 3.63) is 54.6 Å². The first-order chi connectivity index (χ1) is 8.34. The molecule has 0 aliphatic heterocycles. The Bertz CT molecular complexity index is 846. The van der Waals surface area contributed by atoms with Gasteiger partial charge in [0.1, 0.15) is 0 Å². The molecule has 0 nitrogen and oxygen atoms in total. The summed E-state index contributed by atoms with van der Waals surface area (Å²) in [6.45, 7) is 0. The quantitative estimate of drug-likeness (QED) is 0.320. The first kappa shape index (κ1) is 9.48. The SMILES string of the molecule is [Al][c]1cc2cccc3ccc4cccc1c4c32. The fraction of sp³-hybridized carbons (Fsp3) is 0. The van der Waals surface area contributed by atoms with Gasteiger partial charge in [0.15, 0.2) is 16.3 Å². The summed E-state index contributed by atoms with van der Waals surface area (Å²) in [4.78, 5) is 0. The van der Waals surface area contributed by atoms with Crippen molar-refractivity contribution in [1.29, 1.82) is 0 Å². The molecular weight excluding hydrogens is 219 g/mol. The van der Waals surface area contributed by atoms with Crippen LogP contribution < -0.4 is 4.43 Å². The molecule has 0 bridgehead atoms. The topological polar surface area (TPSA) is 0 Å². The van der Waals surface area contributed by atoms with Gasteiger partial charge in [-0.3, -0.25) is 0 Å². The van der Waals surface area contributed by atoms with Crippen LogP contribution in [0.1, 0.15) is 0 Å². The zero-order valence-corrected chi connectivity index (χ0v) is 10.4. The molecule has 0 aliphatic rings. The van der Waals surface area contributed by atoms with E-state index >= 15 is 0 Å². The molecule has 0 heterocycles. The monoisotopic (exact) mass is 228 g/mol. The molecule has 17 heavy (non-hydrogen) atoms. The van der Waals surface area contributed by atoms with Gasteiger partial charge in [-0.1, -0.05) is 54.6 Å². The van der Waals surface area contributed by atoms with E-state index in [1.165, 1.54) is 36.7 Å². The highest BCUT2D eigenvalue weighted by molar-refractivity contribution is 6.43. The van der Waals surface area contributed by atoms with Crippen LogP contribution in [0.5, 0.6) is 0 Å². The Balaban J connectivity index is 2.50. The lowest BCUT2D eigenvalue weighted by molar-refractivity contribution is 1.80. The lowest BCUT2D eigenvalue weighted by Crippen LogP contribution is -2.04. The Morgan fingerprint density at radius 3 is 2.12 bits per heavy atom. The van der Waals surface area contributed by atoms with Crippen LogP contribution in [-0.2, 0) is 0 Å². The molecule has 0 N–H and O–H groups in total. The minimum absolute atomic E-state index is 1.28. The summed E-state index contributed by atoms with van der Waals surface area (Å²) in [5.74, 6) is 0. The predicted molar refractivity (Wildman–Crippen MR) is 75.5 cm³/mol. The summed E-state index contributed by atoms with van der Waals surface area (Å²) >= 11 is 2.86. The van der Waals surface area contributed by atoms with Gasteiger partial charge in [0.2, 0.25) is 0 Å². The van der Waals surface area contributed by atoms with Gasteiger partial charge in [-0.25, -0.2) is 0 Å². The van der Waals surface area contributed by atoms with Gasteiger partial charge >= 0.3 is 0 Å². The number of benzene rings is 4. The van der Waals surface area contributed by atoms with Gasteiger partial charge in [0, 0.05) is 0 Å². The predicted octanol–water partition coefficient (Wildman–Crippen LogP) is 3.38. The average Bonchev–Trinajstić information content (AvgIpc) is 2.37. The average molecular weight is 228 g/mol. The van der Waals surface area contributed by atoms with E-state index in [4.69, 9.17) is 0 Å². The van der Waals surface area contributed by atoms with Gasteiger partial charge in [0.25, 0.3) is 0 Å². The van der Waals surface area contributed by atoms with Gasteiger partial charge in [0.05, 0.1) is 0 Å². The Kier molecular flexibility index (Phi) is 1.80. The van der Waals surface area contributed by atoms with Crippen LogP contribution in [0.3, 0.4) is 0 Å². The zero-order chi connectivity index (χ0) is 11.4. The molecular formula is C16H9Al. The minimum Gasteiger partial charge on any atom is -0.131 e. The fourth-order valence-electron chi connectivity index (χ4n) is 2.79. The maximum absolute atomic E-state index is 2.86. The summed E-state index contributed by atoms with van der Waals surface area (Å²) in [5, 5.41) is 8.13. The first-order valence-electron chi connectivity index (χ1n) is 5.76. The Labute approximate surface area is 108 Å². The van der Waals surface area contributed by atoms with Crippen LogP contribution in [0.25, 0.3) is 32.3 Å². The van der Waals surface area contributed by atoms with E-state index in [1.54, 1.807) is 0 Å². The highest BCUT2D eigenvalue weighted by Gasteiger charge is 2.08. The van der Waals surface area contributed by atoms with E-state index in [2.05, 4.69) is 70.9 Å². The van der Waals surface area contributed by atoms with Crippen molar-refractivity contribution < 1.29 is 0 Å². The summed E-state index contributed by atoms with van der Waals surface area (Å²) in [6.07, 6.45) is 0. The molecule has 0 fully saturated rings. The minimum atomic E-state index is 1.28. The number of hydrogen-bond acceptors (Lipinski definition) is 0. The molecule has 2 radical (unpaired) electrons. The van der Waals surface area contributed by atoms with Crippen LogP contribution in [0.4, 0.5) is 0 Å². The normalized spacial score (nSPS) is 11.8. The van der Waals surface area contributed by atoms with Crippen molar-refractivity contribution in [2.75, 3.05) is 0 Å². The molecule has 0 aromatic heterocycles. The highest BCUT2D eigenvalue weighted by Crippen LogP contribution is 2.32. The summed E-state index contributed by atoms with van der Waals surface area (Å²) in [7, 11) is 0. The second kappa shape index (κ2) is 3.23. The Hall–Kier alpha value is -1.55. The zero-order valence-electron chi connectivity index (χ0n) is 9.27. The second-order valence-corrected chi connectivity index (χ2v) is 5.14. The molecule has 0 saturated heterocycles. The molecule has 4 aromatic rings. The Morgan fingerprint density at radius 2 is 1.29 bits per heavy atom. The van der Waals surface area contributed by atoms with E-state index < -0.39 is 0 Å². The molecule has 0 saturated carbocycles. The van der Waals surface area contributed by atoms with Crippen LogP contribution >= 0.6 is 0 Å². The van der Waals surface area contributed by atoms with Gasteiger partial charge in [-0.05, 0) is 32.3 Å². The molecule has 0 aliphatic carbocycles. The summed E-state index contributed by atoms with van der Waals surface area (Å²) in [5.41, 5.74) is 0. The maximum atomic E-state index is 2.86. The van der Waals surface area contributed by atoms with Crippen molar-refractivity contribution >= 4 is 53.0 Å². The van der Waals surface area contributed by atoms with Crippen LogP contribution in [0, 0.1) is 0 Å². The molecule has 4 rings (SSSR count). The third-order valence-electron chi connectivity index (χ3n) is 3.54. The third kappa shape index (κ3) is 1.19.